The largest absolute Gasteiger partial charge is 0.411 e. The number of aryl methyl sites for hydroxylation is 1. The average molecular weight is 136 g/mol. The van der Waals surface area contributed by atoms with Gasteiger partial charge in [-0.3, -0.25) is 4.98 Å². The molecule has 0 radical (unpaired) electrons. The lowest BCUT2D eigenvalue weighted by molar-refractivity contribution is 0.322. The van der Waals surface area contributed by atoms with E-state index in [9.17, 15) is 0 Å². The normalized spacial score (nSPS) is 10.5. The number of pyridine rings is 1. The minimum Gasteiger partial charge on any atom is -0.411 e. The quantitative estimate of drug-likeness (QED) is 0.358. The van der Waals surface area contributed by atoms with Crippen LogP contribution in [0.5, 0.6) is 0 Å². The van der Waals surface area contributed by atoms with Crippen molar-refractivity contribution in [3.63, 3.8) is 0 Å². The number of nitrogens with zero attached hydrogens (tertiary/aromatic N) is 2. The average Bonchev–Trinajstić information content (AvgIpc) is 1.94. The molecule has 0 bridgehead atoms. The minimum atomic E-state index is 0.887. The van der Waals surface area contributed by atoms with Gasteiger partial charge < -0.3 is 5.21 Å². The van der Waals surface area contributed by atoms with Crippen LogP contribution in [0.4, 0.5) is 0 Å². The fourth-order valence-electron chi connectivity index (χ4n) is 0.691. The summed E-state index contributed by atoms with van der Waals surface area (Å²) in [5.74, 6) is 0. The van der Waals surface area contributed by atoms with E-state index in [1.165, 1.54) is 6.21 Å². The number of oxime groups is 1. The molecule has 0 saturated heterocycles. The predicted molar refractivity (Wildman–Crippen MR) is 38.4 cm³/mol. The van der Waals surface area contributed by atoms with Crippen LogP contribution in [-0.2, 0) is 0 Å². The van der Waals surface area contributed by atoms with Crippen LogP contribution < -0.4 is 0 Å². The second-order valence-electron chi connectivity index (χ2n) is 1.98. The third-order valence-electron chi connectivity index (χ3n) is 1.26. The first kappa shape index (κ1) is 6.74. The number of rotatable bonds is 1. The zero-order chi connectivity index (χ0) is 7.40. The van der Waals surface area contributed by atoms with Crippen LogP contribution in [-0.4, -0.2) is 16.4 Å². The second-order valence-corrected chi connectivity index (χ2v) is 1.98. The van der Waals surface area contributed by atoms with Crippen LogP contribution in [0.1, 0.15) is 11.1 Å². The van der Waals surface area contributed by atoms with Gasteiger partial charge in [-0.1, -0.05) is 5.16 Å². The van der Waals surface area contributed by atoms with Crippen molar-refractivity contribution in [2.24, 2.45) is 5.16 Å². The summed E-state index contributed by atoms with van der Waals surface area (Å²) < 4.78 is 0. The van der Waals surface area contributed by atoms with E-state index < -0.39 is 0 Å². The molecule has 3 nitrogen and oxygen atoms in total. The highest BCUT2D eigenvalue weighted by atomic mass is 16.4. The standard InChI is InChI=1S/C7H8N2O/c1-6-4-8-3-2-7(6)5-9-10/h2-5,10H,1H3/b9-5+. The first-order valence-corrected chi connectivity index (χ1v) is 2.92. The summed E-state index contributed by atoms with van der Waals surface area (Å²) >= 11 is 0. The van der Waals surface area contributed by atoms with E-state index in [1.54, 1.807) is 18.5 Å². The van der Waals surface area contributed by atoms with E-state index >= 15 is 0 Å². The molecule has 0 saturated carbocycles. The molecule has 0 unspecified atom stereocenters. The summed E-state index contributed by atoms with van der Waals surface area (Å²) in [5.41, 5.74) is 1.89. The molecule has 0 atom stereocenters. The van der Waals surface area contributed by atoms with Crippen molar-refractivity contribution in [1.29, 1.82) is 0 Å². The van der Waals surface area contributed by atoms with Gasteiger partial charge in [0.1, 0.15) is 0 Å². The second kappa shape index (κ2) is 2.96. The first-order chi connectivity index (χ1) is 4.84. The molecule has 1 aromatic heterocycles. The topological polar surface area (TPSA) is 45.5 Å². The Morgan fingerprint density at radius 2 is 2.50 bits per heavy atom. The third-order valence-corrected chi connectivity index (χ3v) is 1.26. The van der Waals surface area contributed by atoms with Crippen LogP contribution in [0.25, 0.3) is 0 Å². The minimum absolute atomic E-state index is 0.887. The Balaban J connectivity index is 3.03. The summed E-state index contributed by atoms with van der Waals surface area (Å²) in [6.07, 6.45) is 4.76. The molecule has 3 heteroatoms. The van der Waals surface area contributed by atoms with E-state index in [4.69, 9.17) is 5.21 Å². The summed E-state index contributed by atoms with van der Waals surface area (Å²) in [6.45, 7) is 1.91. The Kier molecular flexibility index (Phi) is 1.99. The highest BCUT2D eigenvalue weighted by Crippen LogP contribution is 2.00. The summed E-state index contributed by atoms with van der Waals surface area (Å²) in [7, 11) is 0. The molecule has 1 N–H and O–H groups in total. The van der Waals surface area contributed by atoms with Crippen molar-refractivity contribution >= 4 is 6.21 Å². The van der Waals surface area contributed by atoms with Crippen LogP contribution in [0, 0.1) is 6.92 Å². The monoisotopic (exact) mass is 136 g/mol. The maximum absolute atomic E-state index is 8.19. The molecule has 0 aromatic carbocycles. The van der Waals surface area contributed by atoms with Crippen molar-refractivity contribution in [2.75, 3.05) is 0 Å². The van der Waals surface area contributed by atoms with Gasteiger partial charge in [0.25, 0.3) is 0 Å². The maximum atomic E-state index is 8.19. The van der Waals surface area contributed by atoms with Crippen molar-refractivity contribution < 1.29 is 5.21 Å². The van der Waals surface area contributed by atoms with Gasteiger partial charge in [0.05, 0.1) is 6.21 Å². The van der Waals surface area contributed by atoms with Gasteiger partial charge in [0.2, 0.25) is 0 Å². The van der Waals surface area contributed by atoms with E-state index in [0.29, 0.717) is 0 Å². The van der Waals surface area contributed by atoms with E-state index in [1.807, 2.05) is 6.92 Å². The molecule has 1 heterocycles. The Hall–Kier alpha value is -1.38. The predicted octanol–water partition coefficient (Wildman–Crippen LogP) is 1.20. The van der Waals surface area contributed by atoms with E-state index in [-0.39, 0.29) is 0 Å². The molecule has 0 aliphatic carbocycles. The molecule has 0 aliphatic rings. The summed E-state index contributed by atoms with van der Waals surface area (Å²) in [4.78, 5) is 3.88. The van der Waals surface area contributed by atoms with Gasteiger partial charge in [-0.05, 0) is 18.6 Å². The molecule has 10 heavy (non-hydrogen) atoms. The molecule has 1 aromatic rings. The lowest BCUT2D eigenvalue weighted by Gasteiger charge is -1.93. The molecule has 0 aliphatic heterocycles. The lowest BCUT2D eigenvalue weighted by atomic mass is 10.2. The molecule has 52 valence electrons. The van der Waals surface area contributed by atoms with Crippen LogP contribution in [0.3, 0.4) is 0 Å². The maximum Gasteiger partial charge on any atom is 0.0737 e. The Morgan fingerprint density at radius 3 is 3.10 bits per heavy atom. The van der Waals surface area contributed by atoms with E-state index in [2.05, 4.69) is 10.1 Å². The Labute approximate surface area is 59.0 Å². The van der Waals surface area contributed by atoms with E-state index in [0.717, 1.165) is 11.1 Å². The summed E-state index contributed by atoms with van der Waals surface area (Å²) in [5, 5.41) is 11.1. The van der Waals surface area contributed by atoms with Gasteiger partial charge in [-0.15, -0.1) is 0 Å². The van der Waals surface area contributed by atoms with Crippen molar-refractivity contribution in [3.05, 3.63) is 29.6 Å². The van der Waals surface area contributed by atoms with Gasteiger partial charge in [0, 0.05) is 18.0 Å². The van der Waals surface area contributed by atoms with Crippen LogP contribution in [0.2, 0.25) is 0 Å². The van der Waals surface area contributed by atoms with Gasteiger partial charge >= 0.3 is 0 Å². The lowest BCUT2D eigenvalue weighted by Crippen LogP contribution is -1.86. The molecular formula is C7H8N2O. The Morgan fingerprint density at radius 1 is 1.70 bits per heavy atom. The Bertz CT molecular complexity index is 245. The van der Waals surface area contributed by atoms with Crippen LogP contribution >= 0.6 is 0 Å². The zero-order valence-corrected chi connectivity index (χ0v) is 5.65. The first-order valence-electron chi connectivity index (χ1n) is 2.92. The molecule has 0 fully saturated rings. The number of aromatic nitrogens is 1. The SMILES string of the molecule is Cc1cnccc1/C=N/O. The smallest absolute Gasteiger partial charge is 0.0737 e. The van der Waals surface area contributed by atoms with Gasteiger partial charge in [-0.2, -0.15) is 0 Å². The van der Waals surface area contributed by atoms with Crippen molar-refractivity contribution in [2.45, 2.75) is 6.92 Å². The highest BCUT2D eigenvalue weighted by molar-refractivity contribution is 5.80. The fraction of sp³-hybridized carbons (Fsp3) is 0.143. The van der Waals surface area contributed by atoms with Gasteiger partial charge in [0.15, 0.2) is 0 Å². The highest BCUT2D eigenvalue weighted by Gasteiger charge is 1.90. The number of hydrogen-bond acceptors (Lipinski definition) is 3. The molecular weight excluding hydrogens is 128 g/mol. The van der Waals surface area contributed by atoms with Crippen LogP contribution in [0.15, 0.2) is 23.6 Å². The molecule has 0 spiro atoms. The van der Waals surface area contributed by atoms with Crippen molar-refractivity contribution in [3.8, 4) is 0 Å². The number of hydrogen-bond donors (Lipinski definition) is 1. The zero-order valence-electron chi connectivity index (χ0n) is 5.65. The third kappa shape index (κ3) is 1.31. The summed E-state index contributed by atoms with van der Waals surface area (Å²) in [6, 6.07) is 1.79. The van der Waals surface area contributed by atoms with Gasteiger partial charge in [-0.25, -0.2) is 0 Å². The molecule has 1 rings (SSSR count). The van der Waals surface area contributed by atoms with Crippen molar-refractivity contribution in [1.82, 2.24) is 4.98 Å². The molecule has 0 amide bonds. The fourth-order valence-corrected chi connectivity index (χ4v) is 0.691.